The molecule has 0 saturated carbocycles. The van der Waals surface area contributed by atoms with Gasteiger partial charge in [-0.1, -0.05) is 185 Å². The van der Waals surface area contributed by atoms with E-state index in [9.17, 15) is 19.8 Å². The Hall–Kier alpha value is -1.92. The molecule has 0 bridgehead atoms. The van der Waals surface area contributed by atoms with Crippen molar-refractivity contribution in [3.63, 3.8) is 0 Å². The Morgan fingerprint density at radius 2 is 1.00 bits per heavy atom. The Kier molecular flexibility index (Phi) is 40.3. The first-order valence-corrected chi connectivity index (χ1v) is 22.3. The van der Waals surface area contributed by atoms with Gasteiger partial charge < -0.3 is 20.3 Å². The number of ether oxygens (including phenoxy) is 1. The fraction of sp³-hybridized carbons (Fsp3) is 0.826. The van der Waals surface area contributed by atoms with Crippen LogP contribution in [0.5, 0.6) is 0 Å². The van der Waals surface area contributed by atoms with Gasteiger partial charge in [-0.05, 0) is 57.8 Å². The summed E-state index contributed by atoms with van der Waals surface area (Å²) >= 11 is 0. The summed E-state index contributed by atoms with van der Waals surface area (Å²) in [6.45, 7) is 4.74. The average Bonchev–Trinajstić information content (AvgIpc) is 3.14. The highest BCUT2D eigenvalue weighted by atomic mass is 16.5. The van der Waals surface area contributed by atoms with E-state index in [1.165, 1.54) is 122 Å². The number of hydrogen-bond donors (Lipinski definition) is 3. The number of aliphatic hydroxyl groups excluding tert-OH is 2. The molecule has 0 heterocycles. The molecule has 0 saturated heterocycles. The van der Waals surface area contributed by atoms with Gasteiger partial charge in [0.05, 0.1) is 25.4 Å². The number of unbranched alkanes of at least 4 members (excludes halogenated alkanes) is 25. The Morgan fingerprint density at radius 3 is 1.54 bits per heavy atom. The first-order valence-electron chi connectivity index (χ1n) is 22.3. The molecule has 6 nitrogen and oxygen atoms in total. The van der Waals surface area contributed by atoms with E-state index >= 15 is 0 Å². The quantitative estimate of drug-likeness (QED) is 0.0331. The Balaban J connectivity index is 3.56. The van der Waals surface area contributed by atoms with E-state index in [0.717, 1.165) is 70.6 Å². The normalized spacial score (nSPS) is 13.1. The SMILES string of the molecule is CCC/C=C\C/C=C\CCCCCCCC(=O)OCCCCCCCCCCCC(=O)NC(CO)C(O)/C=C/CCCCCCCCCCCCC. The third-order valence-electron chi connectivity index (χ3n) is 9.89. The standard InChI is InChI=1S/C46H85NO5/c1-3-5-7-9-11-13-15-17-19-22-26-30-34-38-44(49)43(42-48)47-45(50)39-35-31-27-23-21-25-29-33-37-41-52-46(51)40-36-32-28-24-20-18-16-14-12-10-8-6-4-2/h8,10,14,16,34,38,43-44,48-49H,3-7,9,11-13,15,17-33,35-37,39-42H2,1-2H3,(H,47,50)/b10-8-,16-14-,38-34+. The monoisotopic (exact) mass is 732 g/mol. The second-order valence-electron chi connectivity index (χ2n) is 15.0. The molecule has 0 aliphatic heterocycles. The number of esters is 1. The zero-order valence-electron chi connectivity index (χ0n) is 34.3. The minimum absolute atomic E-state index is 0.0438. The second-order valence-corrected chi connectivity index (χ2v) is 15.0. The lowest BCUT2D eigenvalue weighted by Crippen LogP contribution is -2.45. The Bertz CT molecular complexity index is 854. The van der Waals surface area contributed by atoms with Crippen LogP contribution in [0.2, 0.25) is 0 Å². The lowest BCUT2D eigenvalue weighted by molar-refractivity contribution is -0.143. The second kappa shape index (κ2) is 41.8. The molecule has 2 atom stereocenters. The zero-order valence-corrected chi connectivity index (χ0v) is 34.3. The van der Waals surface area contributed by atoms with Crippen molar-refractivity contribution in [3.8, 4) is 0 Å². The van der Waals surface area contributed by atoms with Crippen molar-refractivity contribution < 1.29 is 24.5 Å². The van der Waals surface area contributed by atoms with E-state index in [-0.39, 0.29) is 18.5 Å². The van der Waals surface area contributed by atoms with Crippen molar-refractivity contribution in [2.75, 3.05) is 13.2 Å². The van der Waals surface area contributed by atoms with Gasteiger partial charge in [0.1, 0.15) is 0 Å². The molecule has 1 amide bonds. The van der Waals surface area contributed by atoms with Crippen LogP contribution in [0.15, 0.2) is 36.5 Å². The molecule has 0 aliphatic carbocycles. The Morgan fingerprint density at radius 1 is 0.538 bits per heavy atom. The van der Waals surface area contributed by atoms with Crippen LogP contribution in [0.3, 0.4) is 0 Å². The zero-order chi connectivity index (χ0) is 38.0. The van der Waals surface area contributed by atoms with Gasteiger partial charge in [-0.2, -0.15) is 0 Å². The van der Waals surface area contributed by atoms with Crippen LogP contribution in [-0.4, -0.2) is 47.4 Å². The average molecular weight is 732 g/mol. The number of rotatable bonds is 40. The summed E-state index contributed by atoms with van der Waals surface area (Å²) in [6, 6.07) is -0.648. The fourth-order valence-corrected chi connectivity index (χ4v) is 6.43. The molecule has 52 heavy (non-hydrogen) atoms. The van der Waals surface area contributed by atoms with Crippen LogP contribution >= 0.6 is 0 Å². The highest BCUT2D eigenvalue weighted by molar-refractivity contribution is 5.76. The molecular formula is C46H85NO5. The van der Waals surface area contributed by atoms with E-state index in [0.29, 0.717) is 19.4 Å². The predicted octanol–water partition coefficient (Wildman–Crippen LogP) is 12.6. The smallest absolute Gasteiger partial charge is 0.305 e. The summed E-state index contributed by atoms with van der Waals surface area (Å²) in [5.74, 6) is -0.143. The van der Waals surface area contributed by atoms with Gasteiger partial charge in [-0.3, -0.25) is 9.59 Å². The van der Waals surface area contributed by atoms with E-state index in [2.05, 4.69) is 43.5 Å². The van der Waals surface area contributed by atoms with Crippen LogP contribution in [0, 0.1) is 0 Å². The molecule has 0 fully saturated rings. The molecule has 6 heteroatoms. The van der Waals surface area contributed by atoms with E-state index in [1.807, 2.05) is 6.08 Å². The highest BCUT2D eigenvalue weighted by Gasteiger charge is 2.18. The summed E-state index contributed by atoms with van der Waals surface area (Å²) < 4.78 is 5.42. The topological polar surface area (TPSA) is 95.9 Å². The van der Waals surface area contributed by atoms with Gasteiger partial charge in [0.25, 0.3) is 0 Å². The summed E-state index contributed by atoms with van der Waals surface area (Å²) in [5, 5.41) is 22.9. The predicted molar refractivity (Wildman–Crippen MR) is 222 cm³/mol. The molecular weight excluding hydrogens is 647 g/mol. The number of allylic oxidation sites excluding steroid dienone is 5. The number of carbonyl (C=O) groups is 2. The minimum Gasteiger partial charge on any atom is -0.466 e. The van der Waals surface area contributed by atoms with E-state index < -0.39 is 12.1 Å². The van der Waals surface area contributed by atoms with Crippen molar-refractivity contribution in [2.24, 2.45) is 0 Å². The Labute approximate surface area is 322 Å². The van der Waals surface area contributed by atoms with Crippen molar-refractivity contribution in [1.82, 2.24) is 5.32 Å². The van der Waals surface area contributed by atoms with Crippen molar-refractivity contribution in [3.05, 3.63) is 36.5 Å². The van der Waals surface area contributed by atoms with Crippen molar-refractivity contribution in [1.29, 1.82) is 0 Å². The third kappa shape index (κ3) is 37.8. The first kappa shape index (κ1) is 50.1. The van der Waals surface area contributed by atoms with Gasteiger partial charge in [0, 0.05) is 12.8 Å². The molecule has 0 aromatic carbocycles. The molecule has 0 rings (SSSR count). The van der Waals surface area contributed by atoms with Gasteiger partial charge in [0.15, 0.2) is 0 Å². The number of amides is 1. The van der Waals surface area contributed by atoms with Crippen LogP contribution in [-0.2, 0) is 14.3 Å². The lowest BCUT2D eigenvalue weighted by Gasteiger charge is -2.20. The molecule has 3 N–H and O–H groups in total. The maximum Gasteiger partial charge on any atom is 0.305 e. The number of hydrogen-bond acceptors (Lipinski definition) is 5. The van der Waals surface area contributed by atoms with Gasteiger partial charge in [-0.15, -0.1) is 0 Å². The molecule has 0 spiro atoms. The maximum absolute atomic E-state index is 12.4. The van der Waals surface area contributed by atoms with Gasteiger partial charge in [0.2, 0.25) is 5.91 Å². The number of aliphatic hydroxyl groups is 2. The largest absolute Gasteiger partial charge is 0.466 e. The first-order chi connectivity index (χ1) is 25.5. The third-order valence-corrected chi connectivity index (χ3v) is 9.89. The number of nitrogens with one attached hydrogen (secondary N) is 1. The minimum atomic E-state index is -0.861. The fourth-order valence-electron chi connectivity index (χ4n) is 6.43. The summed E-state index contributed by atoms with van der Waals surface area (Å²) in [7, 11) is 0. The molecule has 0 radical (unpaired) electrons. The maximum atomic E-state index is 12.4. The molecule has 0 aliphatic rings. The summed E-state index contributed by atoms with van der Waals surface area (Å²) in [5.41, 5.74) is 0. The van der Waals surface area contributed by atoms with Crippen LogP contribution in [0.4, 0.5) is 0 Å². The highest BCUT2D eigenvalue weighted by Crippen LogP contribution is 2.14. The van der Waals surface area contributed by atoms with Crippen molar-refractivity contribution in [2.45, 2.75) is 231 Å². The number of carbonyl (C=O) groups excluding carboxylic acids is 2. The van der Waals surface area contributed by atoms with Gasteiger partial charge in [-0.25, -0.2) is 0 Å². The van der Waals surface area contributed by atoms with Crippen molar-refractivity contribution >= 4 is 11.9 Å². The lowest BCUT2D eigenvalue weighted by atomic mass is 10.0. The van der Waals surface area contributed by atoms with Crippen LogP contribution in [0.1, 0.15) is 219 Å². The van der Waals surface area contributed by atoms with Crippen LogP contribution < -0.4 is 5.32 Å². The summed E-state index contributed by atoms with van der Waals surface area (Å²) in [4.78, 5) is 24.3. The molecule has 0 aromatic heterocycles. The molecule has 2 unspecified atom stereocenters. The van der Waals surface area contributed by atoms with Crippen LogP contribution in [0.25, 0.3) is 0 Å². The molecule has 0 aromatic rings. The van der Waals surface area contributed by atoms with E-state index in [1.54, 1.807) is 6.08 Å². The summed E-state index contributed by atoms with van der Waals surface area (Å²) in [6.07, 6.45) is 48.3. The van der Waals surface area contributed by atoms with Gasteiger partial charge >= 0.3 is 5.97 Å². The molecule has 304 valence electrons. The van der Waals surface area contributed by atoms with E-state index in [4.69, 9.17) is 4.74 Å².